The summed E-state index contributed by atoms with van der Waals surface area (Å²) in [5, 5.41) is 0. The molecule has 0 saturated heterocycles. The summed E-state index contributed by atoms with van der Waals surface area (Å²) >= 11 is 0. The van der Waals surface area contributed by atoms with Crippen LogP contribution in [0.25, 0.3) is 0 Å². The van der Waals surface area contributed by atoms with Gasteiger partial charge in [-0.25, -0.2) is 8.93 Å². The summed E-state index contributed by atoms with van der Waals surface area (Å²) in [5.41, 5.74) is 0.801. The van der Waals surface area contributed by atoms with Crippen LogP contribution < -0.4 is 4.72 Å². The number of nitrogens with zero attached hydrogens (tertiary/aromatic N) is 2. The number of hydrogen-bond donors (Lipinski definition) is 1. The summed E-state index contributed by atoms with van der Waals surface area (Å²) in [6, 6.07) is -0.0567. The molecule has 0 saturated carbocycles. The van der Waals surface area contributed by atoms with Crippen molar-refractivity contribution in [1.29, 1.82) is 0 Å². The first-order valence-corrected chi connectivity index (χ1v) is 6.00. The van der Waals surface area contributed by atoms with E-state index in [0.717, 1.165) is 5.69 Å². The standard InChI is InChI=1S/C10H17N3OS/c1-8(9-7-11-5-6-12-9)13-15(14)10(2,3)4/h5-8,13H,1-4H3/t8-,15-/m1/s1. The minimum Gasteiger partial charge on any atom is -0.261 e. The van der Waals surface area contributed by atoms with E-state index < -0.39 is 11.0 Å². The van der Waals surface area contributed by atoms with Crippen LogP contribution in [0.15, 0.2) is 18.6 Å². The summed E-state index contributed by atoms with van der Waals surface area (Å²) in [7, 11) is -1.09. The molecule has 84 valence electrons. The lowest BCUT2D eigenvalue weighted by atomic mass is 10.3. The molecule has 0 aliphatic heterocycles. The van der Waals surface area contributed by atoms with Gasteiger partial charge in [-0.1, -0.05) is 0 Å². The second-order valence-electron chi connectivity index (χ2n) is 4.35. The molecule has 0 unspecified atom stereocenters. The van der Waals surface area contributed by atoms with Crippen molar-refractivity contribution >= 4 is 11.0 Å². The zero-order valence-corrected chi connectivity index (χ0v) is 10.3. The van der Waals surface area contributed by atoms with Gasteiger partial charge >= 0.3 is 0 Å². The van der Waals surface area contributed by atoms with Crippen molar-refractivity contribution in [1.82, 2.24) is 14.7 Å². The molecule has 0 spiro atoms. The topological polar surface area (TPSA) is 54.9 Å². The van der Waals surface area contributed by atoms with Gasteiger partial charge in [-0.2, -0.15) is 0 Å². The Balaban J connectivity index is 2.65. The second kappa shape index (κ2) is 4.81. The summed E-state index contributed by atoms with van der Waals surface area (Å²) in [5.74, 6) is 0. The third-order valence-electron chi connectivity index (χ3n) is 1.87. The van der Waals surface area contributed by atoms with Crippen LogP contribution in [-0.4, -0.2) is 18.9 Å². The highest BCUT2D eigenvalue weighted by atomic mass is 32.2. The summed E-state index contributed by atoms with van der Waals surface area (Å²) < 4.78 is 14.5. The van der Waals surface area contributed by atoms with Crippen molar-refractivity contribution in [2.24, 2.45) is 0 Å². The van der Waals surface area contributed by atoms with Gasteiger partial charge in [0.05, 0.1) is 27.5 Å². The highest BCUT2D eigenvalue weighted by molar-refractivity contribution is 7.84. The van der Waals surface area contributed by atoms with Gasteiger partial charge in [-0.15, -0.1) is 0 Å². The van der Waals surface area contributed by atoms with E-state index in [0.29, 0.717) is 0 Å². The fraction of sp³-hybridized carbons (Fsp3) is 0.600. The van der Waals surface area contributed by atoms with Crippen molar-refractivity contribution in [3.8, 4) is 0 Å². The van der Waals surface area contributed by atoms with Gasteiger partial charge < -0.3 is 0 Å². The zero-order chi connectivity index (χ0) is 11.5. The fourth-order valence-corrected chi connectivity index (χ4v) is 1.73. The average Bonchev–Trinajstić information content (AvgIpc) is 2.17. The van der Waals surface area contributed by atoms with Crippen molar-refractivity contribution in [3.05, 3.63) is 24.3 Å². The molecule has 1 N–H and O–H groups in total. The number of rotatable bonds is 3. The minimum absolute atomic E-state index is 0.0567. The molecular formula is C10H17N3OS. The molecule has 1 heterocycles. The average molecular weight is 227 g/mol. The number of aromatic nitrogens is 2. The molecule has 5 heteroatoms. The summed E-state index contributed by atoms with van der Waals surface area (Å²) in [6.45, 7) is 7.71. The van der Waals surface area contributed by atoms with Crippen LogP contribution in [0.4, 0.5) is 0 Å². The Morgan fingerprint density at radius 1 is 1.40 bits per heavy atom. The molecule has 1 aromatic rings. The van der Waals surface area contributed by atoms with Crippen LogP contribution in [0.2, 0.25) is 0 Å². The Kier molecular flexibility index (Phi) is 3.93. The van der Waals surface area contributed by atoms with E-state index in [1.807, 2.05) is 27.7 Å². The third-order valence-corrected chi connectivity index (χ3v) is 3.55. The third kappa shape index (κ3) is 3.68. The molecular weight excluding hydrogens is 210 g/mol. The quantitative estimate of drug-likeness (QED) is 0.853. The van der Waals surface area contributed by atoms with Gasteiger partial charge in [-0.3, -0.25) is 9.97 Å². The van der Waals surface area contributed by atoms with Crippen LogP contribution in [0.5, 0.6) is 0 Å². The Bertz CT molecular complexity index is 334. The largest absolute Gasteiger partial charge is 0.261 e. The normalized spacial score (nSPS) is 16.0. The first kappa shape index (κ1) is 12.3. The Hall–Kier alpha value is -0.810. The molecule has 4 nitrogen and oxygen atoms in total. The first-order chi connectivity index (χ1) is 6.91. The van der Waals surface area contributed by atoms with Crippen molar-refractivity contribution < 1.29 is 4.21 Å². The smallest absolute Gasteiger partial charge is 0.0976 e. The Morgan fingerprint density at radius 2 is 2.07 bits per heavy atom. The summed E-state index contributed by atoms with van der Waals surface area (Å²) in [6.07, 6.45) is 4.93. The SMILES string of the molecule is C[C@@H](N[S@](=O)C(C)(C)C)c1cnccn1. The van der Waals surface area contributed by atoms with E-state index in [1.165, 1.54) is 0 Å². The molecule has 15 heavy (non-hydrogen) atoms. The lowest BCUT2D eigenvalue weighted by molar-refractivity contribution is 0.610. The van der Waals surface area contributed by atoms with Crippen LogP contribution >= 0.6 is 0 Å². The van der Waals surface area contributed by atoms with Crippen LogP contribution in [0.1, 0.15) is 39.4 Å². The lowest BCUT2D eigenvalue weighted by Crippen LogP contribution is -2.35. The zero-order valence-electron chi connectivity index (χ0n) is 9.52. The number of hydrogen-bond acceptors (Lipinski definition) is 3. The monoisotopic (exact) mass is 227 g/mol. The van der Waals surface area contributed by atoms with Crippen LogP contribution in [-0.2, 0) is 11.0 Å². The van der Waals surface area contributed by atoms with Gasteiger partial charge in [0.2, 0.25) is 0 Å². The molecule has 2 atom stereocenters. The van der Waals surface area contributed by atoms with E-state index in [4.69, 9.17) is 0 Å². The molecule has 0 fully saturated rings. The Morgan fingerprint density at radius 3 is 2.53 bits per heavy atom. The highest BCUT2D eigenvalue weighted by Gasteiger charge is 2.21. The maximum atomic E-state index is 11.8. The minimum atomic E-state index is -1.09. The van der Waals surface area contributed by atoms with E-state index >= 15 is 0 Å². The predicted molar refractivity (Wildman–Crippen MR) is 61.5 cm³/mol. The van der Waals surface area contributed by atoms with Crippen LogP contribution in [0, 0.1) is 0 Å². The molecule has 0 aliphatic carbocycles. The molecule has 1 aromatic heterocycles. The first-order valence-electron chi connectivity index (χ1n) is 4.85. The highest BCUT2D eigenvalue weighted by Crippen LogP contribution is 2.14. The lowest BCUT2D eigenvalue weighted by Gasteiger charge is -2.21. The van der Waals surface area contributed by atoms with Gasteiger partial charge in [-0.05, 0) is 27.7 Å². The van der Waals surface area contributed by atoms with Gasteiger partial charge in [0.25, 0.3) is 0 Å². The van der Waals surface area contributed by atoms with Crippen molar-refractivity contribution in [3.63, 3.8) is 0 Å². The van der Waals surface area contributed by atoms with Crippen molar-refractivity contribution in [2.75, 3.05) is 0 Å². The second-order valence-corrected chi connectivity index (χ2v) is 6.35. The molecule has 1 rings (SSSR count). The van der Waals surface area contributed by atoms with E-state index in [9.17, 15) is 4.21 Å². The maximum Gasteiger partial charge on any atom is 0.0976 e. The van der Waals surface area contributed by atoms with E-state index in [2.05, 4.69) is 14.7 Å². The molecule has 0 aliphatic rings. The molecule has 0 aromatic carbocycles. The molecule has 0 bridgehead atoms. The molecule has 0 radical (unpaired) electrons. The van der Waals surface area contributed by atoms with Gasteiger partial charge in [0.1, 0.15) is 0 Å². The fourth-order valence-electron chi connectivity index (χ4n) is 0.932. The Labute approximate surface area is 93.1 Å². The predicted octanol–water partition coefficient (Wildman–Crippen LogP) is 1.59. The summed E-state index contributed by atoms with van der Waals surface area (Å²) in [4.78, 5) is 8.13. The molecule has 0 amide bonds. The van der Waals surface area contributed by atoms with Gasteiger partial charge in [0.15, 0.2) is 0 Å². The van der Waals surface area contributed by atoms with Gasteiger partial charge in [0, 0.05) is 18.6 Å². The van der Waals surface area contributed by atoms with E-state index in [-0.39, 0.29) is 10.8 Å². The van der Waals surface area contributed by atoms with Crippen molar-refractivity contribution in [2.45, 2.75) is 38.5 Å². The maximum absolute atomic E-state index is 11.8. The number of nitrogens with one attached hydrogen (secondary N) is 1. The van der Waals surface area contributed by atoms with Crippen LogP contribution in [0.3, 0.4) is 0 Å². The van der Waals surface area contributed by atoms with E-state index in [1.54, 1.807) is 18.6 Å².